The lowest BCUT2D eigenvalue weighted by Gasteiger charge is -2.25. The Balaban J connectivity index is 1.86. The zero-order valence-corrected chi connectivity index (χ0v) is 6.94. The number of rotatable bonds is 2. The predicted octanol–water partition coefficient (Wildman–Crippen LogP) is -0.263. The fraction of sp³-hybridized carbons (Fsp3) is 0.500. The van der Waals surface area contributed by atoms with E-state index in [0.29, 0.717) is 0 Å². The average molecular weight is 167 g/mol. The van der Waals surface area contributed by atoms with Crippen molar-refractivity contribution in [1.82, 2.24) is 15.1 Å². The van der Waals surface area contributed by atoms with E-state index in [1.807, 2.05) is 29.6 Å². The Kier molecular flexibility index (Phi) is 2.29. The van der Waals surface area contributed by atoms with Gasteiger partial charge in [-0.25, -0.2) is 0 Å². The topological polar surface area (TPSA) is 29.4 Å². The predicted molar refractivity (Wildman–Crippen MR) is 45.5 cm³/mol. The normalized spacial score (nSPS) is 19.3. The summed E-state index contributed by atoms with van der Waals surface area (Å²) < 4.78 is 1.71. The minimum atomic E-state index is 0.943. The van der Waals surface area contributed by atoms with Crippen LogP contribution in [0, 0.1) is 0 Å². The van der Waals surface area contributed by atoms with Crippen LogP contribution in [0.2, 0.25) is 0 Å². The van der Waals surface area contributed by atoms with Gasteiger partial charge in [0.1, 0.15) is 0 Å². The Hall–Kier alpha value is -1.00. The van der Waals surface area contributed by atoms with Gasteiger partial charge in [-0.1, -0.05) is 0 Å². The average Bonchev–Trinajstić information content (AvgIpc) is 2.59. The van der Waals surface area contributed by atoms with Gasteiger partial charge in [-0.05, 0) is 12.1 Å². The van der Waals surface area contributed by atoms with Crippen molar-refractivity contribution in [2.45, 2.75) is 0 Å². The first-order valence-electron chi connectivity index (χ1n) is 4.22. The minimum Gasteiger partial charge on any atom is -0.316 e. The third kappa shape index (κ3) is 1.78. The molecule has 66 valence electrons. The van der Waals surface area contributed by atoms with Gasteiger partial charge >= 0.3 is 0 Å². The molecule has 1 aliphatic heterocycles. The summed E-state index contributed by atoms with van der Waals surface area (Å²) in [6, 6.07) is 3.89. The van der Waals surface area contributed by atoms with Crippen LogP contribution >= 0.6 is 0 Å². The molecule has 1 aliphatic rings. The molecule has 1 fully saturated rings. The van der Waals surface area contributed by atoms with Crippen molar-refractivity contribution < 1.29 is 4.94 Å². The van der Waals surface area contributed by atoms with E-state index in [1.165, 1.54) is 0 Å². The summed E-state index contributed by atoms with van der Waals surface area (Å²) in [6.45, 7) is 3.89. The number of nitrogens with one attached hydrogen (secondary N) is 1. The van der Waals surface area contributed by atoms with E-state index < -0.39 is 0 Å². The molecule has 0 saturated carbocycles. The Morgan fingerprint density at radius 3 is 2.42 bits per heavy atom. The van der Waals surface area contributed by atoms with E-state index in [4.69, 9.17) is 4.94 Å². The SMILES string of the molecule is c1ccn(ON2CCNCC2)c1. The summed E-state index contributed by atoms with van der Waals surface area (Å²) >= 11 is 0. The first-order chi connectivity index (χ1) is 5.95. The van der Waals surface area contributed by atoms with E-state index in [1.54, 1.807) is 4.73 Å². The first kappa shape index (κ1) is 7.64. The van der Waals surface area contributed by atoms with Crippen molar-refractivity contribution in [3.05, 3.63) is 24.5 Å². The largest absolute Gasteiger partial charge is 0.316 e. The molecule has 4 heteroatoms. The fourth-order valence-corrected chi connectivity index (χ4v) is 1.23. The number of hydroxylamine groups is 2. The van der Waals surface area contributed by atoms with Gasteiger partial charge in [0, 0.05) is 38.6 Å². The van der Waals surface area contributed by atoms with Gasteiger partial charge in [0.25, 0.3) is 0 Å². The Labute approximate surface area is 71.6 Å². The van der Waals surface area contributed by atoms with Crippen LogP contribution in [0.3, 0.4) is 0 Å². The molecular weight excluding hydrogens is 154 g/mol. The van der Waals surface area contributed by atoms with Crippen LogP contribution in [0.5, 0.6) is 0 Å². The van der Waals surface area contributed by atoms with Crippen LogP contribution in [-0.2, 0) is 0 Å². The summed E-state index contributed by atoms with van der Waals surface area (Å²) in [4.78, 5) is 5.51. The second-order valence-corrected chi connectivity index (χ2v) is 2.80. The van der Waals surface area contributed by atoms with Gasteiger partial charge in [0.2, 0.25) is 0 Å². The minimum absolute atomic E-state index is 0.943. The summed E-state index contributed by atoms with van der Waals surface area (Å²) in [6.07, 6.45) is 3.78. The van der Waals surface area contributed by atoms with Crippen LogP contribution in [0.1, 0.15) is 0 Å². The van der Waals surface area contributed by atoms with Crippen LogP contribution in [-0.4, -0.2) is 36.0 Å². The number of nitrogens with zero attached hydrogens (tertiary/aromatic N) is 2. The van der Waals surface area contributed by atoms with Gasteiger partial charge in [-0.2, -0.15) is 4.73 Å². The molecule has 1 aromatic rings. The molecule has 0 bridgehead atoms. The van der Waals surface area contributed by atoms with Crippen molar-refractivity contribution >= 4 is 0 Å². The molecule has 1 N–H and O–H groups in total. The number of hydrogen-bond acceptors (Lipinski definition) is 3. The van der Waals surface area contributed by atoms with E-state index >= 15 is 0 Å². The van der Waals surface area contributed by atoms with Crippen LogP contribution in [0.15, 0.2) is 24.5 Å². The van der Waals surface area contributed by atoms with Gasteiger partial charge in [0.05, 0.1) is 0 Å². The van der Waals surface area contributed by atoms with Crippen molar-refractivity contribution in [2.75, 3.05) is 26.2 Å². The van der Waals surface area contributed by atoms with Crippen LogP contribution in [0.4, 0.5) is 0 Å². The van der Waals surface area contributed by atoms with E-state index in [0.717, 1.165) is 26.2 Å². The second kappa shape index (κ2) is 3.60. The molecule has 12 heavy (non-hydrogen) atoms. The number of piperazine rings is 1. The molecule has 2 rings (SSSR count). The van der Waals surface area contributed by atoms with Crippen molar-refractivity contribution in [3.63, 3.8) is 0 Å². The molecule has 4 nitrogen and oxygen atoms in total. The van der Waals surface area contributed by atoms with E-state index in [-0.39, 0.29) is 0 Å². The maximum atomic E-state index is 5.51. The molecule has 2 heterocycles. The highest BCUT2D eigenvalue weighted by Crippen LogP contribution is 1.92. The molecule has 0 radical (unpaired) electrons. The zero-order chi connectivity index (χ0) is 8.23. The highest BCUT2D eigenvalue weighted by Gasteiger charge is 2.10. The van der Waals surface area contributed by atoms with Gasteiger partial charge in [0.15, 0.2) is 0 Å². The third-order valence-corrected chi connectivity index (χ3v) is 1.86. The summed E-state index contributed by atoms with van der Waals surface area (Å²) in [5, 5.41) is 5.22. The van der Waals surface area contributed by atoms with Gasteiger partial charge in [-0.15, -0.1) is 5.06 Å². The van der Waals surface area contributed by atoms with E-state index in [9.17, 15) is 0 Å². The fourth-order valence-electron chi connectivity index (χ4n) is 1.23. The lowest BCUT2D eigenvalue weighted by atomic mass is 10.4. The van der Waals surface area contributed by atoms with Gasteiger partial charge < -0.3 is 10.3 Å². The lowest BCUT2D eigenvalue weighted by molar-refractivity contribution is -0.167. The maximum Gasteiger partial charge on any atom is 0.0497 e. The molecule has 0 spiro atoms. The monoisotopic (exact) mass is 167 g/mol. The zero-order valence-electron chi connectivity index (χ0n) is 6.94. The lowest BCUT2D eigenvalue weighted by Crippen LogP contribution is -2.47. The molecular formula is C8H13N3O. The van der Waals surface area contributed by atoms with Crippen molar-refractivity contribution in [3.8, 4) is 0 Å². The Morgan fingerprint density at radius 1 is 1.08 bits per heavy atom. The number of hydrogen-bond donors (Lipinski definition) is 1. The molecule has 0 amide bonds. The summed E-state index contributed by atoms with van der Waals surface area (Å²) in [5.41, 5.74) is 0. The second-order valence-electron chi connectivity index (χ2n) is 2.80. The van der Waals surface area contributed by atoms with Gasteiger partial charge in [-0.3, -0.25) is 0 Å². The summed E-state index contributed by atoms with van der Waals surface area (Å²) in [7, 11) is 0. The molecule has 1 saturated heterocycles. The smallest absolute Gasteiger partial charge is 0.0497 e. The summed E-state index contributed by atoms with van der Waals surface area (Å²) in [5.74, 6) is 0. The quantitative estimate of drug-likeness (QED) is 0.658. The Bertz CT molecular complexity index is 216. The molecule has 0 aliphatic carbocycles. The first-order valence-corrected chi connectivity index (χ1v) is 4.22. The highest BCUT2D eigenvalue weighted by atomic mass is 16.8. The standard InChI is InChI=1S/C8H13N3O/c1-2-6-10(5-1)12-11-7-3-9-4-8-11/h1-2,5-6,9H,3-4,7-8H2. The molecule has 0 atom stereocenters. The number of aromatic nitrogens is 1. The molecule has 0 aromatic carbocycles. The maximum absolute atomic E-state index is 5.51. The third-order valence-electron chi connectivity index (χ3n) is 1.86. The molecule has 0 unspecified atom stereocenters. The van der Waals surface area contributed by atoms with Crippen molar-refractivity contribution in [2.24, 2.45) is 0 Å². The van der Waals surface area contributed by atoms with E-state index in [2.05, 4.69) is 5.32 Å². The highest BCUT2D eigenvalue weighted by molar-refractivity contribution is 4.87. The van der Waals surface area contributed by atoms with Crippen LogP contribution < -0.4 is 10.3 Å². The Morgan fingerprint density at radius 2 is 1.75 bits per heavy atom. The van der Waals surface area contributed by atoms with Crippen LogP contribution in [0.25, 0.3) is 0 Å². The molecule has 1 aromatic heterocycles. The van der Waals surface area contributed by atoms with Crippen molar-refractivity contribution in [1.29, 1.82) is 0 Å².